The first-order valence-electron chi connectivity index (χ1n) is 7.68. The van der Waals surface area contributed by atoms with Crippen LogP contribution in [0.2, 0.25) is 0 Å². The van der Waals surface area contributed by atoms with Gasteiger partial charge in [-0.2, -0.15) is 4.31 Å². The van der Waals surface area contributed by atoms with Crippen molar-refractivity contribution in [2.75, 3.05) is 26.2 Å². The van der Waals surface area contributed by atoms with Crippen molar-refractivity contribution in [3.8, 4) is 0 Å². The summed E-state index contributed by atoms with van der Waals surface area (Å²) in [7, 11) is -3.31. The number of sulfonamides is 1. The van der Waals surface area contributed by atoms with Crippen LogP contribution in [0.3, 0.4) is 0 Å². The van der Waals surface area contributed by atoms with Gasteiger partial charge in [0.25, 0.3) is 0 Å². The summed E-state index contributed by atoms with van der Waals surface area (Å²) in [5, 5.41) is 3.28. The lowest BCUT2D eigenvalue weighted by Crippen LogP contribution is -2.35. The van der Waals surface area contributed by atoms with Gasteiger partial charge in [0.05, 0.1) is 4.90 Å². The predicted octanol–water partition coefficient (Wildman–Crippen LogP) is 2.24. The Labute approximate surface area is 126 Å². The topological polar surface area (TPSA) is 49.4 Å². The lowest BCUT2D eigenvalue weighted by Gasteiger charge is -2.26. The van der Waals surface area contributed by atoms with Crippen LogP contribution < -0.4 is 5.32 Å². The van der Waals surface area contributed by atoms with Gasteiger partial charge in [-0.15, -0.1) is 0 Å². The number of hydrogen-bond donors (Lipinski definition) is 1. The van der Waals surface area contributed by atoms with Crippen LogP contribution in [0.4, 0.5) is 0 Å². The molecule has 0 aromatic heterocycles. The van der Waals surface area contributed by atoms with Gasteiger partial charge in [0, 0.05) is 19.6 Å². The molecule has 4 nitrogen and oxygen atoms in total. The second-order valence-corrected chi connectivity index (χ2v) is 7.61. The highest BCUT2D eigenvalue weighted by Crippen LogP contribution is 2.24. The number of nitrogens with zero attached hydrogens (tertiary/aromatic N) is 1. The van der Waals surface area contributed by atoms with Crippen molar-refractivity contribution in [1.82, 2.24) is 9.62 Å². The first-order chi connectivity index (χ1) is 10.2. The summed E-state index contributed by atoms with van der Waals surface area (Å²) in [6.45, 7) is 3.19. The van der Waals surface area contributed by atoms with Gasteiger partial charge in [-0.1, -0.05) is 24.6 Å². The predicted molar refractivity (Wildman–Crippen MR) is 84.5 cm³/mol. The molecule has 0 saturated carbocycles. The zero-order valence-corrected chi connectivity index (χ0v) is 13.0. The normalized spacial score (nSPS) is 21.0. The molecule has 1 aromatic rings. The molecule has 0 amide bonds. The average Bonchev–Trinajstić information content (AvgIpc) is 2.57. The van der Waals surface area contributed by atoms with Crippen LogP contribution in [-0.4, -0.2) is 38.9 Å². The van der Waals surface area contributed by atoms with Gasteiger partial charge in [-0.25, -0.2) is 8.42 Å². The summed E-state index contributed by atoms with van der Waals surface area (Å²) in [6, 6.07) is 7.38. The molecule has 0 bridgehead atoms. The molecule has 3 rings (SSSR count). The Kier molecular flexibility index (Phi) is 4.42. The van der Waals surface area contributed by atoms with Crippen molar-refractivity contribution in [1.29, 1.82) is 0 Å². The van der Waals surface area contributed by atoms with E-state index < -0.39 is 10.0 Å². The summed E-state index contributed by atoms with van der Waals surface area (Å²) >= 11 is 0. The molecule has 0 aliphatic carbocycles. The first-order valence-corrected chi connectivity index (χ1v) is 9.12. The maximum absolute atomic E-state index is 12.6. The van der Waals surface area contributed by atoms with Crippen LogP contribution in [0, 0.1) is 0 Å². The van der Waals surface area contributed by atoms with Gasteiger partial charge in [0.1, 0.15) is 0 Å². The molecule has 1 fully saturated rings. The Morgan fingerprint density at radius 3 is 2.33 bits per heavy atom. The van der Waals surface area contributed by atoms with Crippen LogP contribution in [0.25, 0.3) is 5.57 Å². The maximum Gasteiger partial charge on any atom is 0.243 e. The molecule has 0 unspecified atom stereocenters. The number of benzene rings is 1. The van der Waals surface area contributed by atoms with Crippen molar-refractivity contribution >= 4 is 15.6 Å². The Balaban J connectivity index is 1.81. The third kappa shape index (κ3) is 3.20. The summed E-state index contributed by atoms with van der Waals surface area (Å²) in [6.07, 6.45) is 6.25. The standard InChI is InChI=1S/C16H22N2O2S/c19-21(20,18-12-2-1-3-13-18)16-6-4-14(5-7-16)15-8-10-17-11-9-15/h4-8,17H,1-3,9-13H2. The third-order valence-electron chi connectivity index (χ3n) is 4.24. The first kappa shape index (κ1) is 14.8. The van der Waals surface area contributed by atoms with E-state index in [1.165, 1.54) is 5.57 Å². The van der Waals surface area contributed by atoms with Crippen molar-refractivity contribution < 1.29 is 8.42 Å². The van der Waals surface area contributed by atoms with Gasteiger partial charge < -0.3 is 5.32 Å². The Morgan fingerprint density at radius 2 is 1.71 bits per heavy atom. The van der Waals surface area contributed by atoms with E-state index in [4.69, 9.17) is 0 Å². The number of rotatable bonds is 3. The van der Waals surface area contributed by atoms with Crippen LogP contribution in [-0.2, 0) is 10.0 Å². The molecule has 1 N–H and O–H groups in total. The molecule has 5 heteroatoms. The van der Waals surface area contributed by atoms with Gasteiger partial charge in [0.15, 0.2) is 0 Å². The highest BCUT2D eigenvalue weighted by molar-refractivity contribution is 7.89. The lowest BCUT2D eigenvalue weighted by atomic mass is 10.0. The largest absolute Gasteiger partial charge is 0.313 e. The fourth-order valence-electron chi connectivity index (χ4n) is 2.98. The van der Waals surface area contributed by atoms with Crippen LogP contribution >= 0.6 is 0 Å². The van der Waals surface area contributed by atoms with E-state index >= 15 is 0 Å². The number of hydrogen-bond acceptors (Lipinski definition) is 3. The van der Waals surface area contributed by atoms with E-state index in [0.717, 1.165) is 44.3 Å². The molecule has 1 aromatic carbocycles. The minimum Gasteiger partial charge on any atom is -0.313 e. The third-order valence-corrected chi connectivity index (χ3v) is 6.15. The summed E-state index contributed by atoms with van der Waals surface area (Å²) in [4.78, 5) is 0.419. The van der Waals surface area contributed by atoms with Crippen LogP contribution in [0.5, 0.6) is 0 Å². The maximum atomic E-state index is 12.6. The molecule has 2 aliphatic rings. The molecule has 1 saturated heterocycles. The molecule has 21 heavy (non-hydrogen) atoms. The van der Waals surface area contributed by atoms with Crippen LogP contribution in [0.1, 0.15) is 31.2 Å². The monoisotopic (exact) mass is 306 g/mol. The molecule has 114 valence electrons. The molecule has 2 aliphatic heterocycles. The SMILES string of the molecule is O=S(=O)(c1ccc(C2=CCNCC2)cc1)N1CCCCC1. The summed E-state index contributed by atoms with van der Waals surface area (Å²) in [5.74, 6) is 0. The highest BCUT2D eigenvalue weighted by Gasteiger charge is 2.25. The zero-order valence-electron chi connectivity index (χ0n) is 12.2. The summed E-state index contributed by atoms with van der Waals surface area (Å²) in [5.41, 5.74) is 2.43. The number of piperidine rings is 1. The minimum atomic E-state index is -3.31. The minimum absolute atomic E-state index is 0.419. The van der Waals surface area contributed by atoms with Crippen molar-refractivity contribution in [2.24, 2.45) is 0 Å². The molecule has 2 heterocycles. The fraction of sp³-hybridized carbons (Fsp3) is 0.500. The Hall–Kier alpha value is -1.17. The summed E-state index contributed by atoms with van der Waals surface area (Å²) < 4.78 is 26.8. The van der Waals surface area contributed by atoms with E-state index in [0.29, 0.717) is 18.0 Å². The van der Waals surface area contributed by atoms with E-state index in [9.17, 15) is 8.42 Å². The molecule has 0 radical (unpaired) electrons. The molecule has 0 atom stereocenters. The van der Waals surface area contributed by atoms with Crippen molar-refractivity contribution in [2.45, 2.75) is 30.6 Å². The smallest absolute Gasteiger partial charge is 0.243 e. The lowest BCUT2D eigenvalue weighted by molar-refractivity contribution is 0.346. The van der Waals surface area contributed by atoms with Crippen LogP contribution in [0.15, 0.2) is 35.2 Å². The van der Waals surface area contributed by atoms with Gasteiger partial charge >= 0.3 is 0 Å². The zero-order chi connectivity index (χ0) is 14.7. The van der Waals surface area contributed by atoms with E-state index in [1.807, 2.05) is 12.1 Å². The van der Waals surface area contributed by atoms with Gasteiger partial charge in [-0.3, -0.25) is 0 Å². The number of nitrogens with one attached hydrogen (secondary N) is 1. The van der Waals surface area contributed by atoms with Gasteiger partial charge in [-0.05, 0) is 49.1 Å². The van der Waals surface area contributed by atoms with E-state index in [2.05, 4.69) is 11.4 Å². The molecule has 0 spiro atoms. The quantitative estimate of drug-likeness (QED) is 0.932. The van der Waals surface area contributed by atoms with E-state index in [-0.39, 0.29) is 0 Å². The van der Waals surface area contributed by atoms with Gasteiger partial charge in [0.2, 0.25) is 10.0 Å². The molecular formula is C16H22N2O2S. The Morgan fingerprint density at radius 1 is 1.00 bits per heavy atom. The van der Waals surface area contributed by atoms with Crippen molar-refractivity contribution in [3.63, 3.8) is 0 Å². The van der Waals surface area contributed by atoms with Crippen molar-refractivity contribution in [3.05, 3.63) is 35.9 Å². The second kappa shape index (κ2) is 6.30. The highest BCUT2D eigenvalue weighted by atomic mass is 32.2. The average molecular weight is 306 g/mol. The van der Waals surface area contributed by atoms with E-state index in [1.54, 1.807) is 16.4 Å². The fourth-order valence-corrected chi connectivity index (χ4v) is 4.50. The Bertz CT molecular complexity index is 614. The second-order valence-electron chi connectivity index (χ2n) is 5.67. The molecular weight excluding hydrogens is 284 g/mol.